The normalized spacial score (nSPS) is 18.9. The van der Waals surface area contributed by atoms with Crippen LogP contribution in [-0.2, 0) is 0 Å². The number of hydrogen-bond acceptors (Lipinski definition) is 2. The van der Waals surface area contributed by atoms with E-state index in [1.165, 1.54) is 19.3 Å². The highest BCUT2D eigenvalue weighted by Gasteiger charge is 2.25. The molecule has 0 saturated heterocycles. The number of fused-ring (bicyclic) bond motifs is 1. The smallest absolute Gasteiger partial charge is 0.0994 e. The summed E-state index contributed by atoms with van der Waals surface area (Å²) in [5, 5.41) is 12.8. The molecule has 2 aromatic rings. The predicted molar refractivity (Wildman–Crippen MR) is 73.3 cm³/mol. The Balaban J connectivity index is 1.97. The molecule has 1 aliphatic carbocycles. The average molecular weight is 241 g/mol. The van der Waals surface area contributed by atoms with Crippen LogP contribution in [0.25, 0.3) is 10.8 Å². The SMILES string of the molecule is OC(c1nccc2ccccc12)C1CCCCC1. The number of rotatable bonds is 2. The number of aliphatic hydroxyl groups is 1. The van der Waals surface area contributed by atoms with Crippen LogP contribution in [0.3, 0.4) is 0 Å². The molecule has 94 valence electrons. The predicted octanol–water partition coefficient (Wildman–Crippen LogP) is 3.85. The molecule has 0 spiro atoms. The summed E-state index contributed by atoms with van der Waals surface area (Å²) in [5.41, 5.74) is 0.861. The Kier molecular flexibility index (Phi) is 3.28. The van der Waals surface area contributed by atoms with E-state index < -0.39 is 6.10 Å². The van der Waals surface area contributed by atoms with E-state index in [2.05, 4.69) is 17.1 Å². The Morgan fingerprint density at radius 3 is 2.67 bits per heavy atom. The van der Waals surface area contributed by atoms with Gasteiger partial charge in [-0.1, -0.05) is 43.5 Å². The summed E-state index contributed by atoms with van der Waals surface area (Å²) in [4.78, 5) is 4.43. The van der Waals surface area contributed by atoms with Crippen molar-refractivity contribution in [1.82, 2.24) is 4.98 Å². The molecule has 2 heteroatoms. The Morgan fingerprint density at radius 1 is 1.06 bits per heavy atom. The number of aromatic nitrogens is 1. The van der Waals surface area contributed by atoms with E-state index in [1.54, 1.807) is 0 Å². The third-order valence-electron chi connectivity index (χ3n) is 4.08. The Labute approximate surface area is 108 Å². The van der Waals surface area contributed by atoms with Crippen LogP contribution in [0.4, 0.5) is 0 Å². The molecule has 3 rings (SSSR count). The molecule has 0 aliphatic heterocycles. The third-order valence-corrected chi connectivity index (χ3v) is 4.08. The molecule has 0 amide bonds. The second-order valence-electron chi connectivity index (χ2n) is 5.26. The molecule has 1 N–H and O–H groups in total. The molecular formula is C16H19NO. The van der Waals surface area contributed by atoms with Crippen LogP contribution in [-0.4, -0.2) is 10.1 Å². The van der Waals surface area contributed by atoms with E-state index in [0.29, 0.717) is 5.92 Å². The van der Waals surface area contributed by atoms with Gasteiger partial charge in [-0.3, -0.25) is 4.98 Å². The Bertz CT molecular complexity index is 526. The fraction of sp³-hybridized carbons (Fsp3) is 0.438. The van der Waals surface area contributed by atoms with Crippen LogP contribution in [0, 0.1) is 5.92 Å². The second kappa shape index (κ2) is 5.07. The average Bonchev–Trinajstić information content (AvgIpc) is 2.47. The molecular weight excluding hydrogens is 222 g/mol. The molecule has 1 aromatic heterocycles. The van der Waals surface area contributed by atoms with Crippen LogP contribution < -0.4 is 0 Å². The van der Waals surface area contributed by atoms with E-state index in [-0.39, 0.29) is 0 Å². The van der Waals surface area contributed by atoms with E-state index in [9.17, 15) is 5.11 Å². The van der Waals surface area contributed by atoms with E-state index >= 15 is 0 Å². The monoisotopic (exact) mass is 241 g/mol. The van der Waals surface area contributed by atoms with Gasteiger partial charge in [0.25, 0.3) is 0 Å². The standard InChI is InChI=1S/C16H19NO/c18-16(13-7-2-1-3-8-13)15-14-9-5-4-6-12(14)10-11-17-15/h4-6,9-11,13,16,18H,1-3,7-8H2. The van der Waals surface area contributed by atoms with Gasteiger partial charge in [-0.15, -0.1) is 0 Å². The molecule has 1 fully saturated rings. The highest BCUT2D eigenvalue weighted by molar-refractivity contribution is 5.84. The number of nitrogens with zero attached hydrogens (tertiary/aromatic N) is 1. The van der Waals surface area contributed by atoms with Gasteiger partial charge in [0.2, 0.25) is 0 Å². The summed E-state index contributed by atoms with van der Waals surface area (Å²) in [6.45, 7) is 0. The van der Waals surface area contributed by atoms with E-state index in [1.807, 2.05) is 24.4 Å². The van der Waals surface area contributed by atoms with Gasteiger partial charge in [0.05, 0.1) is 11.8 Å². The van der Waals surface area contributed by atoms with Crippen molar-refractivity contribution in [2.24, 2.45) is 5.92 Å². The van der Waals surface area contributed by atoms with Crippen LogP contribution >= 0.6 is 0 Å². The van der Waals surface area contributed by atoms with Crippen molar-refractivity contribution in [3.63, 3.8) is 0 Å². The van der Waals surface area contributed by atoms with Crippen molar-refractivity contribution in [2.75, 3.05) is 0 Å². The van der Waals surface area contributed by atoms with Gasteiger partial charge in [0, 0.05) is 11.6 Å². The summed E-state index contributed by atoms with van der Waals surface area (Å²) in [5.74, 6) is 0.386. The summed E-state index contributed by atoms with van der Waals surface area (Å²) in [6, 6.07) is 10.2. The molecule has 1 atom stereocenters. The van der Waals surface area contributed by atoms with Crippen molar-refractivity contribution in [2.45, 2.75) is 38.2 Å². The second-order valence-corrected chi connectivity index (χ2v) is 5.26. The highest BCUT2D eigenvalue weighted by Crippen LogP contribution is 2.35. The van der Waals surface area contributed by atoms with Crippen LogP contribution in [0.1, 0.15) is 43.9 Å². The first-order valence-electron chi connectivity index (χ1n) is 6.88. The van der Waals surface area contributed by atoms with Gasteiger partial charge >= 0.3 is 0 Å². The zero-order chi connectivity index (χ0) is 12.4. The Hall–Kier alpha value is -1.41. The maximum Gasteiger partial charge on any atom is 0.0994 e. The fourth-order valence-electron chi connectivity index (χ4n) is 3.05. The molecule has 1 heterocycles. The van der Waals surface area contributed by atoms with Gasteiger partial charge in [-0.2, -0.15) is 0 Å². The van der Waals surface area contributed by atoms with Crippen LogP contribution in [0.15, 0.2) is 36.5 Å². The van der Waals surface area contributed by atoms with Crippen molar-refractivity contribution in [3.8, 4) is 0 Å². The number of aliphatic hydroxyl groups excluding tert-OH is 1. The van der Waals surface area contributed by atoms with Gasteiger partial charge in [0.1, 0.15) is 0 Å². The number of hydrogen-bond donors (Lipinski definition) is 1. The summed E-state index contributed by atoms with van der Waals surface area (Å²) < 4.78 is 0. The van der Waals surface area contributed by atoms with Crippen molar-refractivity contribution < 1.29 is 5.11 Å². The topological polar surface area (TPSA) is 33.1 Å². The largest absolute Gasteiger partial charge is 0.386 e. The van der Waals surface area contributed by atoms with Gasteiger partial charge in [0.15, 0.2) is 0 Å². The quantitative estimate of drug-likeness (QED) is 0.866. The van der Waals surface area contributed by atoms with Crippen molar-refractivity contribution >= 4 is 10.8 Å². The number of pyridine rings is 1. The first kappa shape index (κ1) is 11.7. The highest BCUT2D eigenvalue weighted by atomic mass is 16.3. The summed E-state index contributed by atoms with van der Waals surface area (Å²) in [7, 11) is 0. The first-order chi connectivity index (χ1) is 8.86. The molecule has 1 aliphatic rings. The lowest BCUT2D eigenvalue weighted by molar-refractivity contribution is 0.0825. The van der Waals surface area contributed by atoms with Gasteiger partial charge in [-0.25, -0.2) is 0 Å². The molecule has 1 saturated carbocycles. The zero-order valence-corrected chi connectivity index (χ0v) is 10.5. The first-order valence-corrected chi connectivity index (χ1v) is 6.88. The maximum atomic E-state index is 10.6. The van der Waals surface area contributed by atoms with Gasteiger partial charge < -0.3 is 5.11 Å². The Morgan fingerprint density at radius 2 is 1.83 bits per heavy atom. The molecule has 1 unspecified atom stereocenters. The van der Waals surface area contributed by atoms with Crippen molar-refractivity contribution in [1.29, 1.82) is 0 Å². The fourth-order valence-corrected chi connectivity index (χ4v) is 3.05. The van der Waals surface area contributed by atoms with Gasteiger partial charge in [-0.05, 0) is 30.2 Å². The minimum absolute atomic E-state index is 0.386. The van der Waals surface area contributed by atoms with E-state index in [0.717, 1.165) is 29.3 Å². The van der Waals surface area contributed by atoms with Crippen molar-refractivity contribution in [3.05, 3.63) is 42.2 Å². The molecule has 0 bridgehead atoms. The molecule has 1 aromatic carbocycles. The van der Waals surface area contributed by atoms with E-state index in [4.69, 9.17) is 0 Å². The van der Waals surface area contributed by atoms with Crippen LogP contribution in [0.5, 0.6) is 0 Å². The molecule has 0 radical (unpaired) electrons. The lowest BCUT2D eigenvalue weighted by Gasteiger charge is -2.26. The number of benzene rings is 1. The summed E-state index contributed by atoms with van der Waals surface area (Å²) >= 11 is 0. The lowest BCUT2D eigenvalue weighted by atomic mass is 9.83. The minimum Gasteiger partial charge on any atom is -0.386 e. The lowest BCUT2D eigenvalue weighted by Crippen LogP contribution is -2.17. The molecule has 18 heavy (non-hydrogen) atoms. The molecule has 2 nitrogen and oxygen atoms in total. The van der Waals surface area contributed by atoms with Crippen LogP contribution in [0.2, 0.25) is 0 Å². The third kappa shape index (κ3) is 2.13. The zero-order valence-electron chi connectivity index (χ0n) is 10.5. The summed E-state index contributed by atoms with van der Waals surface area (Å²) in [6.07, 6.45) is 7.46. The minimum atomic E-state index is -0.406. The maximum absolute atomic E-state index is 10.6.